The summed E-state index contributed by atoms with van der Waals surface area (Å²) in [6, 6.07) is 6.21. The van der Waals surface area contributed by atoms with Crippen molar-refractivity contribution in [2.75, 3.05) is 20.1 Å². The molecule has 0 saturated heterocycles. The molecule has 0 fully saturated rings. The first-order valence-electron chi connectivity index (χ1n) is 5.57. The molecule has 20 heavy (non-hydrogen) atoms. The first-order chi connectivity index (χ1) is 9.35. The fraction of sp³-hybridized carbons (Fsp3) is 0.273. The highest BCUT2D eigenvalue weighted by atomic mass is 127. The lowest BCUT2D eigenvalue weighted by Crippen LogP contribution is -2.41. The van der Waals surface area contributed by atoms with E-state index in [4.69, 9.17) is 0 Å². The molecule has 0 atom stereocenters. The summed E-state index contributed by atoms with van der Waals surface area (Å²) in [7, 11) is -2.29. The predicted molar refractivity (Wildman–Crippen MR) is 81.4 cm³/mol. The van der Waals surface area contributed by atoms with Crippen molar-refractivity contribution in [3.63, 3.8) is 0 Å². The van der Waals surface area contributed by atoms with Crippen LogP contribution in [0.1, 0.15) is 0 Å². The van der Waals surface area contributed by atoms with Crippen molar-refractivity contribution in [1.82, 2.24) is 15.4 Å². The van der Waals surface area contributed by atoms with Crippen LogP contribution >= 0.6 is 22.6 Å². The van der Waals surface area contributed by atoms with E-state index in [1.54, 1.807) is 12.1 Å². The highest BCUT2D eigenvalue weighted by Crippen LogP contribution is 2.11. The van der Waals surface area contributed by atoms with Crippen LogP contribution in [0.4, 0.5) is 0 Å². The zero-order valence-electron chi connectivity index (χ0n) is 10.6. The summed E-state index contributed by atoms with van der Waals surface area (Å²) in [6.07, 6.45) is 0. The maximum atomic E-state index is 11.9. The largest absolute Gasteiger partial charge is 0.358 e. The van der Waals surface area contributed by atoms with Gasteiger partial charge in [0, 0.05) is 10.6 Å². The summed E-state index contributed by atoms with van der Waals surface area (Å²) in [5, 5.41) is 4.62. The Bertz CT molecular complexity index is 586. The fourth-order valence-corrected chi connectivity index (χ4v) is 2.53. The second-order valence-corrected chi connectivity index (χ2v) is 6.74. The number of nitrogens with one attached hydrogen (secondary N) is 3. The smallest absolute Gasteiger partial charge is 0.241 e. The van der Waals surface area contributed by atoms with Crippen LogP contribution in [0.5, 0.6) is 0 Å². The highest BCUT2D eigenvalue weighted by Gasteiger charge is 2.15. The molecule has 3 N–H and O–H groups in total. The van der Waals surface area contributed by atoms with Gasteiger partial charge in [0.05, 0.1) is 18.0 Å². The van der Waals surface area contributed by atoms with Crippen LogP contribution in [-0.2, 0) is 19.6 Å². The topological polar surface area (TPSA) is 104 Å². The van der Waals surface area contributed by atoms with Crippen LogP contribution in [0.3, 0.4) is 0 Å². The number of likely N-dealkylation sites (N-methyl/N-ethyl adjacent to an activating group) is 1. The molecule has 1 aromatic carbocycles. The average Bonchev–Trinajstić information content (AvgIpc) is 2.43. The van der Waals surface area contributed by atoms with Crippen LogP contribution in [-0.4, -0.2) is 40.4 Å². The molecule has 0 radical (unpaired) electrons. The normalized spacial score (nSPS) is 10.9. The van der Waals surface area contributed by atoms with Gasteiger partial charge in [0.2, 0.25) is 21.8 Å². The predicted octanol–water partition coefficient (Wildman–Crippen LogP) is -0.568. The number of hydrogen-bond donors (Lipinski definition) is 3. The van der Waals surface area contributed by atoms with Gasteiger partial charge in [-0.15, -0.1) is 0 Å². The summed E-state index contributed by atoms with van der Waals surface area (Å²) in [5.41, 5.74) is 0. The van der Waals surface area contributed by atoms with Gasteiger partial charge >= 0.3 is 0 Å². The van der Waals surface area contributed by atoms with E-state index in [-0.39, 0.29) is 17.3 Å². The SMILES string of the molecule is CNC(=O)CNC(=O)CNS(=O)(=O)c1ccc(I)cc1. The number of sulfonamides is 1. The van der Waals surface area contributed by atoms with Crippen molar-refractivity contribution >= 4 is 44.4 Å². The Morgan fingerprint density at radius 2 is 1.70 bits per heavy atom. The van der Waals surface area contributed by atoms with Gasteiger partial charge < -0.3 is 10.6 Å². The molecule has 0 aromatic heterocycles. The zero-order chi connectivity index (χ0) is 15.2. The van der Waals surface area contributed by atoms with Gasteiger partial charge in [-0.2, -0.15) is 0 Å². The third-order valence-electron chi connectivity index (χ3n) is 2.27. The molecule has 9 heteroatoms. The maximum Gasteiger partial charge on any atom is 0.241 e. The molecule has 1 aromatic rings. The first-order valence-corrected chi connectivity index (χ1v) is 8.14. The average molecular weight is 411 g/mol. The molecule has 0 unspecified atom stereocenters. The zero-order valence-corrected chi connectivity index (χ0v) is 13.6. The quantitative estimate of drug-likeness (QED) is 0.546. The lowest BCUT2D eigenvalue weighted by molar-refractivity contribution is -0.125. The van der Waals surface area contributed by atoms with Gasteiger partial charge in [0.15, 0.2) is 0 Å². The molecular formula is C11H14IN3O4S. The van der Waals surface area contributed by atoms with Crippen LogP contribution in [0, 0.1) is 3.57 Å². The first kappa shape index (κ1) is 16.9. The molecule has 0 aliphatic carbocycles. The molecule has 0 aliphatic heterocycles. The number of carbonyl (C=O) groups is 2. The number of halogens is 1. The Morgan fingerprint density at radius 1 is 1.10 bits per heavy atom. The van der Waals surface area contributed by atoms with E-state index in [1.807, 2.05) is 0 Å². The Morgan fingerprint density at radius 3 is 2.25 bits per heavy atom. The monoisotopic (exact) mass is 411 g/mol. The maximum absolute atomic E-state index is 11.9. The van der Waals surface area contributed by atoms with Gasteiger partial charge in [-0.25, -0.2) is 13.1 Å². The molecule has 0 spiro atoms. The van der Waals surface area contributed by atoms with Gasteiger partial charge in [-0.05, 0) is 46.9 Å². The van der Waals surface area contributed by atoms with Gasteiger partial charge in [0.25, 0.3) is 0 Å². The van der Waals surface area contributed by atoms with Gasteiger partial charge in [-0.3, -0.25) is 9.59 Å². The summed E-state index contributed by atoms with van der Waals surface area (Å²) in [5.74, 6) is -0.943. The molecule has 0 saturated carbocycles. The minimum atomic E-state index is -3.73. The van der Waals surface area contributed by atoms with Crippen molar-refractivity contribution in [3.8, 4) is 0 Å². The van der Waals surface area contributed by atoms with Crippen molar-refractivity contribution in [2.45, 2.75) is 4.90 Å². The molecular weight excluding hydrogens is 397 g/mol. The Labute approximate surface area is 130 Å². The van der Waals surface area contributed by atoms with Crippen molar-refractivity contribution < 1.29 is 18.0 Å². The van der Waals surface area contributed by atoms with E-state index in [1.165, 1.54) is 19.2 Å². The number of hydrogen-bond acceptors (Lipinski definition) is 4. The van der Waals surface area contributed by atoms with Crippen LogP contribution < -0.4 is 15.4 Å². The minimum Gasteiger partial charge on any atom is -0.358 e. The van der Waals surface area contributed by atoms with E-state index in [0.29, 0.717) is 0 Å². The standard InChI is InChI=1S/C11H14IN3O4S/c1-13-10(16)6-14-11(17)7-15-20(18,19)9-4-2-8(12)3-5-9/h2-5,15H,6-7H2,1H3,(H,13,16)(H,14,17). The molecule has 2 amide bonds. The lowest BCUT2D eigenvalue weighted by Gasteiger charge is -2.07. The number of rotatable bonds is 6. The van der Waals surface area contributed by atoms with Crippen LogP contribution in [0.2, 0.25) is 0 Å². The van der Waals surface area contributed by atoms with E-state index in [0.717, 1.165) is 3.57 Å². The number of carbonyl (C=O) groups excluding carboxylic acids is 2. The van der Waals surface area contributed by atoms with Gasteiger partial charge in [0.1, 0.15) is 0 Å². The number of benzene rings is 1. The lowest BCUT2D eigenvalue weighted by atomic mass is 10.4. The Hall–Kier alpha value is -1.20. The summed E-state index contributed by atoms with van der Waals surface area (Å²) in [4.78, 5) is 22.4. The summed E-state index contributed by atoms with van der Waals surface area (Å²) >= 11 is 2.06. The molecule has 0 heterocycles. The third-order valence-corrected chi connectivity index (χ3v) is 4.41. The van der Waals surface area contributed by atoms with Crippen LogP contribution in [0.25, 0.3) is 0 Å². The van der Waals surface area contributed by atoms with Crippen LogP contribution in [0.15, 0.2) is 29.2 Å². The third kappa shape index (κ3) is 5.43. The second-order valence-electron chi connectivity index (χ2n) is 3.73. The fourth-order valence-electron chi connectivity index (χ4n) is 1.19. The van der Waals surface area contributed by atoms with Crippen molar-refractivity contribution in [2.24, 2.45) is 0 Å². The van der Waals surface area contributed by atoms with E-state index >= 15 is 0 Å². The summed E-state index contributed by atoms with van der Waals surface area (Å²) < 4.78 is 26.8. The molecule has 1 rings (SSSR count). The molecule has 0 aliphatic rings. The highest BCUT2D eigenvalue weighted by molar-refractivity contribution is 14.1. The molecule has 110 valence electrons. The Balaban J connectivity index is 2.53. The molecule has 0 bridgehead atoms. The van der Waals surface area contributed by atoms with E-state index in [2.05, 4.69) is 37.9 Å². The second kappa shape index (κ2) is 7.55. The minimum absolute atomic E-state index is 0.0806. The van der Waals surface area contributed by atoms with Crippen molar-refractivity contribution in [3.05, 3.63) is 27.8 Å². The Kier molecular flexibility index (Phi) is 6.36. The number of amides is 2. The molecule has 7 nitrogen and oxygen atoms in total. The van der Waals surface area contributed by atoms with E-state index < -0.39 is 22.5 Å². The van der Waals surface area contributed by atoms with Crippen molar-refractivity contribution in [1.29, 1.82) is 0 Å². The van der Waals surface area contributed by atoms with Gasteiger partial charge in [-0.1, -0.05) is 0 Å². The summed E-state index contributed by atoms with van der Waals surface area (Å²) in [6.45, 7) is -0.619. The van der Waals surface area contributed by atoms with E-state index in [9.17, 15) is 18.0 Å².